The molecular weight excluding hydrogens is 861 g/mol. The second-order valence-electron chi connectivity index (χ2n) is 17.8. The number of rotatable bonds is 45. The molecule has 0 saturated carbocycles. The van der Waals surface area contributed by atoms with Crippen molar-refractivity contribution in [3.05, 3.63) is 60.8 Å². The Labute approximate surface area is 401 Å². The lowest BCUT2D eigenvalue weighted by Crippen LogP contribution is -2.60. The number of hydrogen-bond acceptors (Lipinski definition) is 11. The number of esters is 1. The topological polar surface area (TPSA) is 178 Å². The Balaban J connectivity index is 2.38. The van der Waals surface area contributed by atoms with Crippen LogP contribution in [0.4, 0.5) is 0 Å². The van der Waals surface area contributed by atoms with Crippen molar-refractivity contribution < 1.29 is 56.2 Å². The molecule has 1 rings (SSSR count). The molecule has 1 saturated heterocycles. The largest absolute Gasteiger partial charge is 0.457 e. The maximum atomic E-state index is 12.9. The van der Waals surface area contributed by atoms with Crippen LogP contribution in [0.1, 0.15) is 206 Å². The SMILES string of the molecule is CCCCC/C=C\C/C=C\CCCCCCCCCCOCC(COC1OC(CO)C(O)C(OS(=O)(=O)O)C1O)OC(=O)CCCCCCCC/C=C\C/C=C\C/C=C\CCCCCCC. The van der Waals surface area contributed by atoms with Gasteiger partial charge in [0.1, 0.15) is 30.5 Å². The van der Waals surface area contributed by atoms with Crippen LogP contribution in [-0.2, 0) is 38.3 Å². The van der Waals surface area contributed by atoms with E-state index in [1.165, 1.54) is 96.3 Å². The monoisotopic (exact) mass is 955 g/mol. The zero-order valence-corrected chi connectivity index (χ0v) is 42.1. The highest BCUT2D eigenvalue weighted by molar-refractivity contribution is 7.80. The van der Waals surface area contributed by atoms with Gasteiger partial charge in [0.2, 0.25) is 0 Å². The number of aliphatic hydroxyl groups excluding tert-OH is 3. The van der Waals surface area contributed by atoms with Crippen molar-refractivity contribution in [1.29, 1.82) is 0 Å². The minimum Gasteiger partial charge on any atom is -0.457 e. The van der Waals surface area contributed by atoms with Crippen LogP contribution in [-0.4, -0.2) is 97.5 Å². The Hall–Kier alpha value is -2.20. The number of carbonyl (C=O) groups is 1. The van der Waals surface area contributed by atoms with Crippen molar-refractivity contribution in [3.8, 4) is 0 Å². The van der Waals surface area contributed by atoms with Crippen molar-refractivity contribution >= 4 is 16.4 Å². The first kappa shape index (κ1) is 61.8. The molecule has 0 aromatic heterocycles. The highest BCUT2D eigenvalue weighted by Gasteiger charge is 2.48. The smallest absolute Gasteiger partial charge is 0.397 e. The van der Waals surface area contributed by atoms with E-state index in [9.17, 15) is 33.1 Å². The summed E-state index contributed by atoms with van der Waals surface area (Å²) >= 11 is 0. The third kappa shape index (κ3) is 36.8. The average Bonchev–Trinajstić information content (AvgIpc) is 3.29. The van der Waals surface area contributed by atoms with Crippen molar-refractivity contribution in [3.63, 3.8) is 0 Å². The minimum absolute atomic E-state index is 0.0244. The first-order chi connectivity index (χ1) is 32.1. The van der Waals surface area contributed by atoms with Crippen LogP contribution in [0.3, 0.4) is 0 Å². The van der Waals surface area contributed by atoms with E-state index in [1.807, 2.05) is 0 Å². The van der Waals surface area contributed by atoms with Gasteiger partial charge in [-0.3, -0.25) is 9.35 Å². The molecule has 0 bridgehead atoms. The van der Waals surface area contributed by atoms with Crippen molar-refractivity contribution in [2.45, 2.75) is 243 Å². The summed E-state index contributed by atoms with van der Waals surface area (Å²) in [6, 6.07) is 0. The molecule has 0 aliphatic carbocycles. The van der Waals surface area contributed by atoms with Gasteiger partial charge < -0.3 is 34.3 Å². The van der Waals surface area contributed by atoms with E-state index in [2.05, 4.69) is 78.8 Å². The molecule has 0 aromatic rings. The molecule has 6 atom stereocenters. The van der Waals surface area contributed by atoms with Gasteiger partial charge in [-0.1, -0.05) is 177 Å². The predicted molar refractivity (Wildman–Crippen MR) is 266 cm³/mol. The molecule has 1 aliphatic heterocycles. The zero-order valence-electron chi connectivity index (χ0n) is 41.2. The highest BCUT2D eigenvalue weighted by atomic mass is 32.3. The molecule has 12 nitrogen and oxygen atoms in total. The highest BCUT2D eigenvalue weighted by Crippen LogP contribution is 2.26. The number of unbranched alkanes of at least 4 members (excludes halogenated alkanes) is 22. The summed E-state index contributed by atoms with van der Waals surface area (Å²) in [5.41, 5.74) is 0. The molecule has 1 fully saturated rings. The molecule has 1 heterocycles. The molecule has 0 amide bonds. The van der Waals surface area contributed by atoms with E-state index in [0.717, 1.165) is 83.5 Å². The molecular formula is C53H94O12S. The van der Waals surface area contributed by atoms with Crippen molar-refractivity contribution in [1.82, 2.24) is 0 Å². The second-order valence-corrected chi connectivity index (χ2v) is 18.8. The quantitative estimate of drug-likeness (QED) is 0.0197. The van der Waals surface area contributed by atoms with Crippen LogP contribution < -0.4 is 0 Å². The molecule has 6 unspecified atom stereocenters. The molecule has 4 N–H and O–H groups in total. The normalized spacial score (nSPS) is 20.0. The van der Waals surface area contributed by atoms with Crippen LogP contribution in [0.5, 0.6) is 0 Å². The summed E-state index contributed by atoms with van der Waals surface area (Å²) in [4.78, 5) is 12.9. The van der Waals surface area contributed by atoms with Gasteiger partial charge in [0.25, 0.3) is 0 Å². The number of hydrogen-bond donors (Lipinski definition) is 4. The zero-order chi connectivity index (χ0) is 48.2. The molecule has 13 heteroatoms. The number of carbonyl (C=O) groups excluding carboxylic acids is 1. The maximum absolute atomic E-state index is 12.9. The first-order valence-electron chi connectivity index (χ1n) is 26.0. The fourth-order valence-corrected chi connectivity index (χ4v) is 8.16. The fraction of sp³-hybridized carbons (Fsp3) is 0.792. The van der Waals surface area contributed by atoms with E-state index in [1.54, 1.807) is 0 Å². The number of ether oxygens (including phenoxy) is 4. The van der Waals surface area contributed by atoms with Crippen LogP contribution in [0.25, 0.3) is 0 Å². The Morgan fingerprint density at radius 1 is 0.576 bits per heavy atom. The fourth-order valence-electron chi connectivity index (χ4n) is 7.65. The second kappa shape index (κ2) is 44.0. The lowest BCUT2D eigenvalue weighted by Gasteiger charge is -2.41. The third-order valence-corrected chi connectivity index (χ3v) is 12.1. The van der Waals surface area contributed by atoms with Gasteiger partial charge in [-0.25, -0.2) is 4.18 Å². The van der Waals surface area contributed by atoms with E-state index in [-0.39, 0.29) is 19.6 Å². The minimum atomic E-state index is -5.07. The summed E-state index contributed by atoms with van der Waals surface area (Å²) in [7, 11) is -5.07. The Morgan fingerprint density at radius 2 is 1.00 bits per heavy atom. The first-order valence-corrected chi connectivity index (χ1v) is 27.4. The van der Waals surface area contributed by atoms with Gasteiger partial charge in [0.05, 0.1) is 19.8 Å². The van der Waals surface area contributed by atoms with Crippen LogP contribution in [0.2, 0.25) is 0 Å². The maximum Gasteiger partial charge on any atom is 0.397 e. The molecule has 384 valence electrons. The standard InChI is InChI=1S/C53H94O12S/c1-3-5-7-9-11-13-15-17-19-21-23-24-25-26-28-30-32-34-36-38-40-42-49(55)63-47(46-62-53-51(57)52(65-66(58,59)60)50(56)48(44-54)64-53)45-61-43-41-39-37-35-33-31-29-27-22-20-18-16-14-12-10-8-6-4-2/h12,14-15,17-18,20-21,23,25-26,47-48,50-54,56-57H,3-11,13,16,19,22,24,27-46H2,1-2H3,(H,58,59,60)/b14-12-,17-15-,20-18-,23-21-,26-25-. The van der Waals surface area contributed by atoms with E-state index in [4.69, 9.17) is 18.9 Å². The Kier molecular flexibility index (Phi) is 41.2. The van der Waals surface area contributed by atoms with Gasteiger partial charge in [-0.2, -0.15) is 8.42 Å². The van der Waals surface area contributed by atoms with E-state index in [0.29, 0.717) is 13.0 Å². The van der Waals surface area contributed by atoms with Gasteiger partial charge in [-0.05, 0) is 83.5 Å². The van der Waals surface area contributed by atoms with Crippen LogP contribution >= 0.6 is 0 Å². The van der Waals surface area contributed by atoms with Gasteiger partial charge in [-0.15, -0.1) is 0 Å². The van der Waals surface area contributed by atoms with Gasteiger partial charge >= 0.3 is 16.4 Å². The molecule has 0 radical (unpaired) electrons. The lowest BCUT2D eigenvalue weighted by molar-refractivity contribution is -0.301. The number of allylic oxidation sites excluding steroid dienone is 10. The Morgan fingerprint density at radius 3 is 1.48 bits per heavy atom. The number of aliphatic hydroxyl groups is 3. The summed E-state index contributed by atoms with van der Waals surface area (Å²) < 4.78 is 59.3. The average molecular weight is 955 g/mol. The van der Waals surface area contributed by atoms with Crippen LogP contribution in [0.15, 0.2) is 60.8 Å². The van der Waals surface area contributed by atoms with E-state index < -0.39 is 59.8 Å². The van der Waals surface area contributed by atoms with Gasteiger partial charge in [0, 0.05) is 13.0 Å². The summed E-state index contributed by atoms with van der Waals surface area (Å²) in [6.07, 6.45) is 46.7. The molecule has 66 heavy (non-hydrogen) atoms. The molecule has 0 spiro atoms. The summed E-state index contributed by atoms with van der Waals surface area (Å²) in [5.74, 6) is -0.414. The summed E-state index contributed by atoms with van der Waals surface area (Å²) in [6.45, 7) is 3.93. The van der Waals surface area contributed by atoms with Crippen molar-refractivity contribution in [2.24, 2.45) is 0 Å². The predicted octanol–water partition coefficient (Wildman–Crippen LogP) is 12.1. The lowest BCUT2D eigenvalue weighted by atomic mass is 9.99. The molecule has 1 aliphatic rings. The van der Waals surface area contributed by atoms with Gasteiger partial charge in [0.15, 0.2) is 6.29 Å². The van der Waals surface area contributed by atoms with Crippen LogP contribution in [0, 0.1) is 0 Å². The van der Waals surface area contributed by atoms with Crippen molar-refractivity contribution in [2.75, 3.05) is 26.4 Å². The summed E-state index contributed by atoms with van der Waals surface area (Å²) in [5, 5.41) is 30.8. The molecule has 0 aromatic carbocycles. The van der Waals surface area contributed by atoms with E-state index >= 15 is 0 Å². The third-order valence-electron chi connectivity index (χ3n) is 11.6. The Bertz CT molecular complexity index is 1380.